The van der Waals surface area contributed by atoms with Gasteiger partial charge >= 0.3 is 0 Å². The van der Waals surface area contributed by atoms with Gasteiger partial charge < -0.3 is 9.84 Å². The summed E-state index contributed by atoms with van der Waals surface area (Å²) in [6, 6.07) is 0.739. The number of likely N-dealkylation sites (tertiary alicyclic amines) is 1. The van der Waals surface area contributed by atoms with E-state index in [1.54, 1.807) is 0 Å². The largest absolute Gasteiger partial charge is 0.393 e. The van der Waals surface area contributed by atoms with Crippen LogP contribution < -0.4 is 0 Å². The fraction of sp³-hybridized carbons (Fsp3) is 1.00. The molecule has 2 fully saturated rings. The Bertz CT molecular complexity index is 210. The van der Waals surface area contributed by atoms with Gasteiger partial charge in [0.25, 0.3) is 0 Å². The van der Waals surface area contributed by atoms with Crippen LogP contribution in [0.5, 0.6) is 0 Å². The summed E-state index contributed by atoms with van der Waals surface area (Å²) in [4.78, 5) is 2.58. The second-order valence-electron chi connectivity index (χ2n) is 5.24. The minimum atomic E-state index is -0.145. The third-order valence-electron chi connectivity index (χ3n) is 4.12. The summed E-state index contributed by atoms with van der Waals surface area (Å²) in [5.41, 5.74) is 0. The second kappa shape index (κ2) is 5.99. The first kappa shape index (κ1) is 12.3. The van der Waals surface area contributed by atoms with E-state index in [4.69, 9.17) is 4.74 Å². The highest BCUT2D eigenvalue weighted by Gasteiger charge is 2.29. The Morgan fingerprint density at radius 1 is 1.31 bits per heavy atom. The topological polar surface area (TPSA) is 32.7 Å². The molecule has 1 N–H and O–H groups in total. The smallest absolute Gasteiger partial charge is 0.0624 e. The lowest BCUT2D eigenvalue weighted by atomic mass is 9.94. The summed E-state index contributed by atoms with van der Waals surface area (Å²) in [6.07, 6.45) is 5.94. The number of aliphatic hydroxyl groups excluding tert-OH is 1. The highest BCUT2D eigenvalue weighted by atomic mass is 16.5. The second-order valence-corrected chi connectivity index (χ2v) is 5.24. The van der Waals surface area contributed by atoms with Gasteiger partial charge in [-0.15, -0.1) is 0 Å². The molecular weight excluding hydrogens is 202 g/mol. The van der Waals surface area contributed by atoms with Gasteiger partial charge in [-0.05, 0) is 32.2 Å². The minimum absolute atomic E-state index is 0.145. The van der Waals surface area contributed by atoms with Crippen molar-refractivity contribution in [3.05, 3.63) is 0 Å². The third kappa shape index (κ3) is 2.96. The Morgan fingerprint density at radius 2 is 2.19 bits per heavy atom. The van der Waals surface area contributed by atoms with E-state index >= 15 is 0 Å². The molecule has 2 saturated heterocycles. The lowest BCUT2D eigenvalue weighted by Crippen LogP contribution is -2.46. The van der Waals surface area contributed by atoms with E-state index in [1.165, 1.54) is 32.2 Å². The average Bonchev–Trinajstić information content (AvgIpc) is 2.33. The first-order chi connectivity index (χ1) is 7.81. The van der Waals surface area contributed by atoms with Crippen LogP contribution in [0.4, 0.5) is 0 Å². The average molecular weight is 227 g/mol. The monoisotopic (exact) mass is 227 g/mol. The van der Waals surface area contributed by atoms with E-state index in [0.717, 1.165) is 32.2 Å². The zero-order valence-corrected chi connectivity index (χ0v) is 10.4. The summed E-state index contributed by atoms with van der Waals surface area (Å²) in [5.74, 6) is 0.334. The number of aliphatic hydroxyl groups is 1. The number of ether oxygens (including phenoxy) is 1. The summed E-state index contributed by atoms with van der Waals surface area (Å²) in [5, 5.41) is 9.95. The van der Waals surface area contributed by atoms with E-state index in [2.05, 4.69) is 11.8 Å². The Labute approximate surface area is 98.8 Å². The molecule has 0 saturated carbocycles. The van der Waals surface area contributed by atoms with Crippen molar-refractivity contribution in [1.82, 2.24) is 4.90 Å². The predicted molar refractivity (Wildman–Crippen MR) is 64.4 cm³/mol. The fourth-order valence-electron chi connectivity index (χ4n) is 3.02. The van der Waals surface area contributed by atoms with Gasteiger partial charge in [0.1, 0.15) is 0 Å². The van der Waals surface area contributed by atoms with Crippen molar-refractivity contribution in [2.75, 3.05) is 26.3 Å². The molecular formula is C13H25NO2. The van der Waals surface area contributed by atoms with Crippen LogP contribution in [0.2, 0.25) is 0 Å². The van der Waals surface area contributed by atoms with Gasteiger partial charge in [0.05, 0.1) is 12.7 Å². The van der Waals surface area contributed by atoms with Gasteiger partial charge in [-0.25, -0.2) is 0 Å². The highest BCUT2D eigenvalue weighted by molar-refractivity contribution is 4.81. The van der Waals surface area contributed by atoms with Crippen molar-refractivity contribution in [2.24, 2.45) is 5.92 Å². The predicted octanol–water partition coefficient (Wildman–Crippen LogP) is 1.65. The molecule has 3 nitrogen and oxygen atoms in total. The van der Waals surface area contributed by atoms with E-state index in [1.807, 2.05) is 0 Å². The van der Waals surface area contributed by atoms with Crippen molar-refractivity contribution in [3.8, 4) is 0 Å². The molecule has 0 aromatic heterocycles. The molecule has 0 aromatic rings. The number of hydrogen-bond acceptors (Lipinski definition) is 3. The molecule has 0 radical (unpaired) electrons. The van der Waals surface area contributed by atoms with Crippen LogP contribution in [-0.2, 0) is 4.74 Å². The molecule has 0 amide bonds. The summed E-state index contributed by atoms with van der Waals surface area (Å²) in [7, 11) is 0. The third-order valence-corrected chi connectivity index (χ3v) is 4.12. The fourth-order valence-corrected chi connectivity index (χ4v) is 3.02. The van der Waals surface area contributed by atoms with Crippen LogP contribution in [-0.4, -0.2) is 48.5 Å². The van der Waals surface area contributed by atoms with E-state index in [9.17, 15) is 5.11 Å². The van der Waals surface area contributed by atoms with Crippen LogP contribution in [0.15, 0.2) is 0 Å². The number of nitrogens with zero attached hydrogens (tertiary/aromatic N) is 1. The van der Waals surface area contributed by atoms with E-state index < -0.39 is 0 Å². The van der Waals surface area contributed by atoms with Gasteiger partial charge in [-0.2, -0.15) is 0 Å². The Morgan fingerprint density at radius 3 is 2.94 bits per heavy atom. The number of piperidine rings is 1. The summed E-state index contributed by atoms with van der Waals surface area (Å²) < 4.78 is 5.48. The van der Waals surface area contributed by atoms with Crippen LogP contribution >= 0.6 is 0 Å². The van der Waals surface area contributed by atoms with Gasteiger partial charge in [0, 0.05) is 25.1 Å². The molecule has 0 aliphatic carbocycles. The molecule has 3 atom stereocenters. The highest BCUT2D eigenvalue weighted by Crippen LogP contribution is 2.23. The number of rotatable bonds is 3. The maximum atomic E-state index is 9.95. The zero-order valence-electron chi connectivity index (χ0n) is 10.4. The van der Waals surface area contributed by atoms with E-state index in [-0.39, 0.29) is 6.10 Å². The molecule has 2 aliphatic rings. The van der Waals surface area contributed by atoms with Gasteiger partial charge in [0.2, 0.25) is 0 Å². The molecule has 2 rings (SSSR count). The maximum Gasteiger partial charge on any atom is 0.0624 e. The first-order valence-electron chi connectivity index (χ1n) is 6.81. The molecule has 3 unspecified atom stereocenters. The Kier molecular flexibility index (Phi) is 4.62. The standard InChI is InChI=1S/C13H25NO2/c1-2-12-5-3-4-7-14(12)9-11-10-16-8-6-13(11)15/h11-13,15H,2-10H2,1H3. The maximum absolute atomic E-state index is 9.95. The van der Waals surface area contributed by atoms with Crippen LogP contribution in [0, 0.1) is 5.92 Å². The number of hydrogen-bond donors (Lipinski definition) is 1. The first-order valence-corrected chi connectivity index (χ1v) is 6.81. The minimum Gasteiger partial charge on any atom is -0.393 e. The van der Waals surface area contributed by atoms with Crippen molar-refractivity contribution in [1.29, 1.82) is 0 Å². The van der Waals surface area contributed by atoms with Gasteiger partial charge in [-0.1, -0.05) is 13.3 Å². The molecule has 0 aromatic carbocycles. The lowest BCUT2D eigenvalue weighted by molar-refractivity contribution is -0.0534. The van der Waals surface area contributed by atoms with Crippen molar-refractivity contribution in [2.45, 2.75) is 51.2 Å². The van der Waals surface area contributed by atoms with Crippen molar-refractivity contribution >= 4 is 0 Å². The zero-order chi connectivity index (χ0) is 11.4. The molecule has 3 heteroatoms. The molecule has 2 heterocycles. The summed E-state index contributed by atoms with van der Waals surface area (Å²) in [6.45, 7) is 5.99. The molecule has 94 valence electrons. The normalized spacial score (nSPS) is 37.5. The van der Waals surface area contributed by atoms with Gasteiger partial charge in [-0.3, -0.25) is 4.90 Å². The summed E-state index contributed by atoms with van der Waals surface area (Å²) >= 11 is 0. The molecule has 0 spiro atoms. The van der Waals surface area contributed by atoms with E-state index in [0.29, 0.717) is 5.92 Å². The van der Waals surface area contributed by atoms with Crippen LogP contribution in [0.1, 0.15) is 39.0 Å². The van der Waals surface area contributed by atoms with Gasteiger partial charge in [0.15, 0.2) is 0 Å². The molecule has 16 heavy (non-hydrogen) atoms. The van der Waals surface area contributed by atoms with Crippen molar-refractivity contribution in [3.63, 3.8) is 0 Å². The Balaban J connectivity index is 1.86. The Hall–Kier alpha value is -0.120. The molecule has 2 aliphatic heterocycles. The molecule has 0 bridgehead atoms. The quantitative estimate of drug-likeness (QED) is 0.795. The SMILES string of the molecule is CCC1CCCCN1CC1COCCC1O. The van der Waals surface area contributed by atoms with Crippen molar-refractivity contribution < 1.29 is 9.84 Å². The van der Waals surface area contributed by atoms with Crippen LogP contribution in [0.25, 0.3) is 0 Å². The van der Waals surface area contributed by atoms with Crippen LogP contribution in [0.3, 0.4) is 0 Å². The lowest BCUT2D eigenvalue weighted by Gasteiger charge is -2.39.